The Labute approximate surface area is 129 Å². The molecule has 0 heterocycles. The Morgan fingerprint density at radius 1 is 1.29 bits per heavy atom. The van der Waals surface area contributed by atoms with Gasteiger partial charge < -0.3 is 15.3 Å². The molecule has 0 bridgehead atoms. The van der Waals surface area contributed by atoms with Crippen molar-refractivity contribution in [1.29, 1.82) is 0 Å². The molecule has 3 nitrogen and oxygen atoms in total. The molecule has 0 aliphatic heterocycles. The minimum absolute atomic E-state index is 0.0296. The van der Waals surface area contributed by atoms with Gasteiger partial charge in [0.25, 0.3) is 0 Å². The van der Waals surface area contributed by atoms with E-state index in [4.69, 9.17) is 4.11 Å². The molecular formula is C18H24O3. The van der Waals surface area contributed by atoms with Crippen LogP contribution in [0.3, 0.4) is 0 Å². The number of hydrogen-bond donors (Lipinski definition) is 3. The van der Waals surface area contributed by atoms with E-state index in [1.807, 2.05) is 13.0 Å². The Hall–Kier alpha value is -1.22. The van der Waals surface area contributed by atoms with Gasteiger partial charge in [-0.2, -0.15) is 0 Å². The van der Waals surface area contributed by atoms with Gasteiger partial charge in [0.05, 0.1) is 7.45 Å². The van der Waals surface area contributed by atoms with Crippen LogP contribution in [0.2, 0.25) is 0 Å². The fourth-order valence-electron chi connectivity index (χ4n) is 5.04. The van der Waals surface area contributed by atoms with Crippen LogP contribution in [-0.2, 0) is 6.42 Å². The molecule has 3 aliphatic carbocycles. The van der Waals surface area contributed by atoms with Gasteiger partial charge in [-0.05, 0) is 73.3 Å². The zero-order valence-electron chi connectivity index (χ0n) is 15.3. The van der Waals surface area contributed by atoms with Gasteiger partial charge in [0.15, 0.2) is 11.5 Å². The third kappa shape index (κ3) is 1.70. The number of hydrogen-bond acceptors (Lipinski definition) is 3. The first kappa shape index (κ1) is 10.5. The highest BCUT2D eigenvalue weighted by molar-refractivity contribution is 5.51. The molecule has 21 heavy (non-hydrogen) atoms. The zero-order valence-corrected chi connectivity index (χ0v) is 12.3. The molecule has 0 aromatic heterocycles. The quantitative estimate of drug-likeness (QED) is 0.643. The molecule has 2 fully saturated rings. The summed E-state index contributed by atoms with van der Waals surface area (Å²) in [5, 5.41) is 30.6. The van der Waals surface area contributed by atoms with Gasteiger partial charge in [-0.1, -0.05) is 13.0 Å². The van der Waals surface area contributed by atoms with Crippen molar-refractivity contribution in [1.82, 2.24) is 0 Å². The van der Waals surface area contributed by atoms with Crippen molar-refractivity contribution in [3.8, 4) is 11.5 Å². The predicted molar refractivity (Wildman–Crippen MR) is 80.4 cm³/mol. The molecule has 0 radical (unpaired) electrons. The fraction of sp³-hybridized carbons (Fsp3) is 0.667. The molecule has 5 atom stereocenters. The average molecular weight is 291 g/mol. The standard InChI is InChI=1S/C18H24O3/c1-18-9-8-11-10-4-6-15(19)17(21)13(10)3-2-12(11)14(18)5-7-16(18)20/h4,6,11-12,14,16,19-21H,2-3,5,7-9H2,1H3/t11-,12-,14+,16+,18+/m1/s1/i7D2,16D. The van der Waals surface area contributed by atoms with Crippen LogP contribution < -0.4 is 0 Å². The van der Waals surface area contributed by atoms with Gasteiger partial charge in [-0.3, -0.25) is 0 Å². The van der Waals surface area contributed by atoms with E-state index < -0.39 is 17.9 Å². The number of aliphatic hydroxyl groups is 1. The van der Waals surface area contributed by atoms with E-state index in [2.05, 4.69) is 0 Å². The van der Waals surface area contributed by atoms with Crippen LogP contribution in [0, 0.1) is 17.3 Å². The second kappa shape index (κ2) is 4.39. The SMILES string of the molecule is [2H]C1([2H])C[C@H]2[C@@H]3CCc4c(ccc(O)c4O)[C@H]3CC[C@]2(C)[C@@]1([2H])O. The average Bonchev–Trinajstić information content (AvgIpc) is 2.66. The van der Waals surface area contributed by atoms with Crippen LogP contribution in [-0.4, -0.2) is 21.4 Å². The molecule has 0 saturated heterocycles. The van der Waals surface area contributed by atoms with Crippen molar-refractivity contribution in [2.24, 2.45) is 17.3 Å². The lowest BCUT2D eigenvalue weighted by Crippen LogP contribution is -2.43. The third-order valence-corrected chi connectivity index (χ3v) is 6.28. The normalized spacial score (nSPS) is 49.2. The first-order valence-corrected chi connectivity index (χ1v) is 7.86. The smallest absolute Gasteiger partial charge is 0.160 e. The number of fused-ring (bicyclic) bond motifs is 5. The first-order valence-electron chi connectivity index (χ1n) is 9.36. The summed E-state index contributed by atoms with van der Waals surface area (Å²) < 4.78 is 24.7. The molecule has 3 heteroatoms. The maximum atomic E-state index is 10.7. The lowest BCUT2D eigenvalue weighted by Gasteiger charge is -2.50. The van der Waals surface area contributed by atoms with E-state index >= 15 is 0 Å². The van der Waals surface area contributed by atoms with Crippen LogP contribution >= 0.6 is 0 Å². The number of phenols is 2. The number of phenolic OH excluding ortho intramolecular Hbond substituents is 2. The highest BCUT2D eigenvalue weighted by Crippen LogP contribution is 2.61. The number of rotatable bonds is 0. The van der Waals surface area contributed by atoms with Gasteiger partial charge in [0, 0.05) is 8.30 Å². The Balaban J connectivity index is 1.77. The highest BCUT2D eigenvalue weighted by atomic mass is 16.3. The van der Waals surface area contributed by atoms with Crippen LogP contribution in [0.15, 0.2) is 12.1 Å². The maximum Gasteiger partial charge on any atom is 0.160 e. The Morgan fingerprint density at radius 2 is 2.10 bits per heavy atom. The molecule has 0 amide bonds. The van der Waals surface area contributed by atoms with Crippen LogP contribution in [0.5, 0.6) is 11.5 Å². The van der Waals surface area contributed by atoms with E-state index in [0.717, 1.165) is 24.0 Å². The topological polar surface area (TPSA) is 60.7 Å². The van der Waals surface area contributed by atoms with Gasteiger partial charge in [-0.15, -0.1) is 0 Å². The van der Waals surface area contributed by atoms with Crippen molar-refractivity contribution >= 4 is 0 Å². The molecule has 114 valence electrons. The summed E-state index contributed by atoms with van der Waals surface area (Å²) in [5.74, 6) is 0.235. The minimum atomic E-state index is -2.06. The van der Waals surface area contributed by atoms with Gasteiger partial charge in [-0.25, -0.2) is 0 Å². The molecule has 1 aromatic carbocycles. The second-order valence-electron chi connectivity index (χ2n) is 7.10. The van der Waals surface area contributed by atoms with E-state index in [0.29, 0.717) is 12.8 Å². The monoisotopic (exact) mass is 291 g/mol. The van der Waals surface area contributed by atoms with E-state index in [1.165, 1.54) is 6.07 Å². The number of aromatic hydroxyl groups is 2. The molecule has 3 aliphatic rings. The fourth-order valence-corrected chi connectivity index (χ4v) is 5.04. The van der Waals surface area contributed by atoms with Crippen LogP contribution in [0.1, 0.15) is 60.1 Å². The molecular weight excluding hydrogens is 264 g/mol. The van der Waals surface area contributed by atoms with Crippen molar-refractivity contribution < 1.29 is 19.4 Å². The molecule has 4 rings (SSSR count). The van der Waals surface area contributed by atoms with Crippen LogP contribution in [0.25, 0.3) is 0 Å². The number of benzene rings is 1. The van der Waals surface area contributed by atoms with Crippen molar-refractivity contribution in [3.05, 3.63) is 23.3 Å². The minimum Gasteiger partial charge on any atom is -0.504 e. The second-order valence-corrected chi connectivity index (χ2v) is 7.10. The molecule has 0 unspecified atom stereocenters. The van der Waals surface area contributed by atoms with Gasteiger partial charge in [0.2, 0.25) is 0 Å². The van der Waals surface area contributed by atoms with E-state index in [1.54, 1.807) is 0 Å². The molecule has 2 saturated carbocycles. The van der Waals surface area contributed by atoms with Crippen molar-refractivity contribution in [3.63, 3.8) is 0 Å². The highest BCUT2D eigenvalue weighted by Gasteiger charge is 2.54. The summed E-state index contributed by atoms with van der Waals surface area (Å²) in [6, 6.07) is 3.40. The van der Waals surface area contributed by atoms with Crippen LogP contribution in [0.4, 0.5) is 0 Å². The predicted octanol–water partition coefficient (Wildman–Crippen LogP) is 3.31. The summed E-state index contributed by atoms with van der Waals surface area (Å²) in [4.78, 5) is 0. The summed E-state index contributed by atoms with van der Waals surface area (Å²) >= 11 is 0. The summed E-state index contributed by atoms with van der Waals surface area (Å²) in [7, 11) is 0. The summed E-state index contributed by atoms with van der Waals surface area (Å²) in [6.45, 7) is 1.87. The maximum absolute atomic E-state index is 10.7. The zero-order chi connectivity index (χ0) is 17.5. The molecule has 3 N–H and O–H groups in total. The Bertz CT molecular complexity index is 703. The molecule has 1 aromatic rings. The lowest BCUT2D eigenvalue weighted by molar-refractivity contribution is -0.0227. The largest absolute Gasteiger partial charge is 0.504 e. The van der Waals surface area contributed by atoms with Crippen molar-refractivity contribution in [2.75, 3.05) is 0 Å². The van der Waals surface area contributed by atoms with E-state index in [9.17, 15) is 15.3 Å². The Kier molecular flexibility index (Phi) is 2.19. The Morgan fingerprint density at radius 3 is 2.90 bits per heavy atom. The van der Waals surface area contributed by atoms with Gasteiger partial charge in [0.1, 0.15) is 0 Å². The van der Waals surface area contributed by atoms with E-state index in [-0.39, 0.29) is 35.7 Å². The summed E-state index contributed by atoms with van der Waals surface area (Å²) in [5.41, 5.74) is 1.11. The third-order valence-electron chi connectivity index (χ3n) is 6.28. The lowest BCUT2D eigenvalue weighted by atomic mass is 9.55. The molecule has 0 spiro atoms. The van der Waals surface area contributed by atoms with Gasteiger partial charge >= 0.3 is 0 Å². The summed E-state index contributed by atoms with van der Waals surface area (Å²) in [6.07, 6.45) is -0.953. The van der Waals surface area contributed by atoms with Crippen molar-refractivity contribution in [2.45, 2.75) is 57.4 Å². The first-order chi connectivity index (χ1) is 11.1.